The van der Waals surface area contributed by atoms with Gasteiger partial charge in [0.2, 0.25) is 0 Å². The summed E-state index contributed by atoms with van der Waals surface area (Å²) in [6, 6.07) is 8.19. The quantitative estimate of drug-likeness (QED) is 0.755. The first-order valence-electron chi connectivity index (χ1n) is 5.29. The second kappa shape index (κ2) is 6.83. The molecule has 15 heavy (non-hydrogen) atoms. The van der Waals surface area contributed by atoms with Crippen LogP contribution in [0.25, 0.3) is 0 Å². The van der Waals surface area contributed by atoms with Crippen LogP contribution in [0.5, 0.6) is 0 Å². The molecule has 0 fully saturated rings. The molecule has 0 radical (unpaired) electrons. The first-order valence-corrected chi connectivity index (χ1v) is 5.66. The predicted octanol–water partition coefficient (Wildman–Crippen LogP) is 3.03. The molecule has 1 unspecified atom stereocenters. The predicted molar refractivity (Wildman–Crippen MR) is 64.4 cm³/mol. The number of benzene rings is 1. The van der Waals surface area contributed by atoms with Gasteiger partial charge in [0.05, 0.1) is 0 Å². The van der Waals surface area contributed by atoms with Gasteiger partial charge in [0.1, 0.15) is 0 Å². The minimum Gasteiger partial charge on any atom is -0.382 e. The van der Waals surface area contributed by atoms with Crippen LogP contribution in [-0.4, -0.2) is 20.3 Å². The normalized spacial score (nSPS) is 12.7. The lowest BCUT2D eigenvalue weighted by molar-refractivity contribution is 0.137. The van der Waals surface area contributed by atoms with Gasteiger partial charge in [-0.25, -0.2) is 0 Å². The van der Waals surface area contributed by atoms with Gasteiger partial charge in [-0.3, -0.25) is 0 Å². The molecule has 2 nitrogen and oxygen atoms in total. The summed E-state index contributed by atoms with van der Waals surface area (Å²) in [6.07, 6.45) is 0.939. The number of hydrogen-bond acceptors (Lipinski definition) is 2. The molecule has 0 bridgehead atoms. The maximum Gasteiger partial charge on any atom is 0.0484 e. The lowest BCUT2D eigenvalue weighted by Gasteiger charge is -2.17. The van der Waals surface area contributed by atoms with Crippen LogP contribution in [-0.2, 0) is 4.74 Å². The van der Waals surface area contributed by atoms with E-state index in [4.69, 9.17) is 16.3 Å². The topological polar surface area (TPSA) is 21.3 Å². The summed E-state index contributed by atoms with van der Waals surface area (Å²) in [7, 11) is 1.94. The molecule has 1 aromatic rings. The summed E-state index contributed by atoms with van der Waals surface area (Å²) in [5.41, 5.74) is 1.14. The van der Waals surface area contributed by atoms with Gasteiger partial charge in [-0.05, 0) is 32.0 Å². The zero-order chi connectivity index (χ0) is 11.1. The zero-order valence-corrected chi connectivity index (χ0v) is 10.1. The van der Waals surface area contributed by atoms with Crippen LogP contribution in [0.3, 0.4) is 0 Å². The van der Waals surface area contributed by atoms with Gasteiger partial charge in [0, 0.05) is 24.3 Å². The Hall–Kier alpha value is -0.570. The van der Waals surface area contributed by atoms with E-state index in [9.17, 15) is 0 Å². The summed E-state index contributed by atoms with van der Waals surface area (Å²) in [5.74, 6) is 0. The zero-order valence-electron chi connectivity index (χ0n) is 9.29. The highest BCUT2D eigenvalue weighted by Gasteiger charge is 2.11. The molecule has 84 valence electrons. The minimum absolute atomic E-state index is 0.269. The van der Waals surface area contributed by atoms with Crippen LogP contribution in [0, 0.1) is 0 Å². The summed E-state index contributed by atoms with van der Waals surface area (Å²) < 4.78 is 5.34. The maximum atomic E-state index is 6.13. The third kappa shape index (κ3) is 3.82. The van der Waals surface area contributed by atoms with Crippen LogP contribution in [0.4, 0.5) is 0 Å². The molecule has 0 aromatic heterocycles. The number of rotatable bonds is 6. The molecule has 1 atom stereocenters. The molecule has 0 spiro atoms. The van der Waals surface area contributed by atoms with Crippen LogP contribution < -0.4 is 5.32 Å². The van der Waals surface area contributed by atoms with Gasteiger partial charge in [-0.15, -0.1) is 0 Å². The van der Waals surface area contributed by atoms with E-state index < -0.39 is 0 Å². The van der Waals surface area contributed by atoms with Crippen LogP contribution in [0.2, 0.25) is 5.02 Å². The van der Waals surface area contributed by atoms with Gasteiger partial charge < -0.3 is 10.1 Å². The molecule has 1 aromatic carbocycles. The molecular weight excluding hydrogens is 210 g/mol. The fourth-order valence-electron chi connectivity index (χ4n) is 1.56. The lowest BCUT2D eigenvalue weighted by atomic mass is 10.0. The lowest BCUT2D eigenvalue weighted by Crippen LogP contribution is -2.18. The third-order valence-electron chi connectivity index (χ3n) is 2.38. The Morgan fingerprint density at radius 3 is 2.73 bits per heavy atom. The van der Waals surface area contributed by atoms with Crippen molar-refractivity contribution in [2.45, 2.75) is 19.4 Å². The van der Waals surface area contributed by atoms with Gasteiger partial charge in [-0.1, -0.05) is 29.8 Å². The maximum absolute atomic E-state index is 6.13. The Kier molecular flexibility index (Phi) is 5.69. The Balaban J connectivity index is 2.61. The summed E-state index contributed by atoms with van der Waals surface area (Å²) >= 11 is 6.13. The number of nitrogens with one attached hydrogen (secondary N) is 1. The molecule has 0 aliphatic heterocycles. The van der Waals surface area contributed by atoms with E-state index in [0.717, 1.165) is 30.2 Å². The standard InChI is InChI=1S/C12H18ClNO/c1-3-15-9-8-12(14-2)10-6-4-5-7-11(10)13/h4-7,12,14H,3,8-9H2,1-2H3. The van der Waals surface area contributed by atoms with Crippen molar-refractivity contribution in [3.05, 3.63) is 34.9 Å². The van der Waals surface area contributed by atoms with Gasteiger partial charge >= 0.3 is 0 Å². The molecule has 1 N–H and O–H groups in total. The Morgan fingerprint density at radius 2 is 2.13 bits per heavy atom. The van der Waals surface area contributed by atoms with Gasteiger partial charge in [0.25, 0.3) is 0 Å². The number of halogens is 1. The second-order valence-electron chi connectivity index (χ2n) is 3.35. The van der Waals surface area contributed by atoms with E-state index in [2.05, 4.69) is 11.4 Å². The Morgan fingerprint density at radius 1 is 1.40 bits per heavy atom. The van der Waals surface area contributed by atoms with Crippen molar-refractivity contribution in [1.82, 2.24) is 5.32 Å². The van der Waals surface area contributed by atoms with Crippen molar-refractivity contribution in [3.8, 4) is 0 Å². The SMILES string of the molecule is CCOCCC(NC)c1ccccc1Cl. The Labute approximate surface area is 96.6 Å². The molecule has 0 amide bonds. The van der Waals surface area contributed by atoms with Crippen molar-refractivity contribution in [2.24, 2.45) is 0 Å². The van der Waals surface area contributed by atoms with Crippen molar-refractivity contribution in [1.29, 1.82) is 0 Å². The molecule has 0 aliphatic rings. The molecule has 0 aliphatic carbocycles. The summed E-state index contributed by atoms with van der Waals surface area (Å²) in [4.78, 5) is 0. The Bertz CT molecular complexity index is 291. The number of ether oxygens (including phenoxy) is 1. The van der Waals surface area contributed by atoms with Crippen molar-refractivity contribution in [2.75, 3.05) is 20.3 Å². The van der Waals surface area contributed by atoms with E-state index in [1.54, 1.807) is 0 Å². The highest BCUT2D eigenvalue weighted by atomic mass is 35.5. The highest BCUT2D eigenvalue weighted by Crippen LogP contribution is 2.24. The van der Waals surface area contributed by atoms with E-state index in [1.807, 2.05) is 32.2 Å². The molecule has 1 rings (SSSR count). The van der Waals surface area contributed by atoms with Crippen molar-refractivity contribution >= 4 is 11.6 Å². The second-order valence-corrected chi connectivity index (χ2v) is 3.76. The summed E-state index contributed by atoms with van der Waals surface area (Å²) in [6.45, 7) is 3.52. The van der Waals surface area contributed by atoms with Gasteiger partial charge in [-0.2, -0.15) is 0 Å². The van der Waals surface area contributed by atoms with E-state index in [0.29, 0.717) is 0 Å². The van der Waals surface area contributed by atoms with Crippen LogP contribution >= 0.6 is 11.6 Å². The monoisotopic (exact) mass is 227 g/mol. The fourth-order valence-corrected chi connectivity index (χ4v) is 1.83. The van der Waals surface area contributed by atoms with E-state index in [-0.39, 0.29) is 6.04 Å². The van der Waals surface area contributed by atoms with E-state index >= 15 is 0 Å². The van der Waals surface area contributed by atoms with Crippen LogP contribution in [0.15, 0.2) is 24.3 Å². The third-order valence-corrected chi connectivity index (χ3v) is 2.73. The first kappa shape index (κ1) is 12.5. The van der Waals surface area contributed by atoms with Crippen molar-refractivity contribution < 1.29 is 4.74 Å². The first-order chi connectivity index (χ1) is 7.29. The smallest absolute Gasteiger partial charge is 0.0484 e. The molecule has 0 saturated carbocycles. The largest absolute Gasteiger partial charge is 0.382 e. The number of hydrogen-bond donors (Lipinski definition) is 1. The van der Waals surface area contributed by atoms with Gasteiger partial charge in [0.15, 0.2) is 0 Å². The van der Waals surface area contributed by atoms with Crippen LogP contribution in [0.1, 0.15) is 24.9 Å². The van der Waals surface area contributed by atoms with Crippen molar-refractivity contribution in [3.63, 3.8) is 0 Å². The van der Waals surface area contributed by atoms with E-state index in [1.165, 1.54) is 0 Å². The molecule has 3 heteroatoms. The fraction of sp³-hybridized carbons (Fsp3) is 0.500. The summed E-state index contributed by atoms with van der Waals surface area (Å²) in [5, 5.41) is 4.07. The average Bonchev–Trinajstić information content (AvgIpc) is 2.26. The molecule has 0 heterocycles. The minimum atomic E-state index is 0.269. The molecular formula is C12H18ClNO. The molecule has 0 saturated heterocycles. The average molecular weight is 228 g/mol. The highest BCUT2D eigenvalue weighted by molar-refractivity contribution is 6.31.